The van der Waals surface area contributed by atoms with Crippen LogP contribution >= 0.6 is 11.8 Å². The first kappa shape index (κ1) is 19.6. The van der Waals surface area contributed by atoms with Gasteiger partial charge < -0.3 is 15.4 Å². The zero-order valence-corrected chi connectivity index (χ0v) is 14.4. The standard InChI is InChI=1S/C15H33N3OS/c1-4-6-12-19-13-9-11-18-15(16-5-2)17-10-7-8-14-20-3/h4-14H2,1-3H3,(H2,16,17,18). The van der Waals surface area contributed by atoms with E-state index in [0.717, 1.165) is 51.6 Å². The Hall–Kier alpha value is -0.420. The van der Waals surface area contributed by atoms with E-state index in [0.29, 0.717) is 0 Å². The molecule has 0 spiro atoms. The van der Waals surface area contributed by atoms with Crippen LogP contribution in [0.3, 0.4) is 0 Å². The minimum Gasteiger partial charge on any atom is -0.381 e. The Bertz CT molecular complexity index is 225. The van der Waals surface area contributed by atoms with Crippen LogP contribution in [-0.2, 0) is 4.74 Å². The number of hydrogen-bond donors (Lipinski definition) is 2. The topological polar surface area (TPSA) is 45.6 Å². The van der Waals surface area contributed by atoms with Crippen LogP contribution in [-0.4, -0.2) is 50.8 Å². The molecule has 5 heteroatoms. The predicted molar refractivity (Wildman–Crippen MR) is 91.9 cm³/mol. The number of thioether (sulfide) groups is 1. The molecule has 0 atom stereocenters. The molecule has 0 saturated heterocycles. The van der Waals surface area contributed by atoms with E-state index < -0.39 is 0 Å². The largest absolute Gasteiger partial charge is 0.381 e. The maximum atomic E-state index is 5.53. The number of aliphatic imine (C=N–C) groups is 1. The first-order valence-corrected chi connectivity index (χ1v) is 9.33. The molecule has 0 rings (SSSR count). The van der Waals surface area contributed by atoms with E-state index in [4.69, 9.17) is 4.74 Å². The molecule has 0 aromatic carbocycles. The van der Waals surface area contributed by atoms with Crippen LogP contribution in [0.4, 0.5) is 0 Å². The first-order chi connectivity index (χ1) is 9.85. The van der Waals surface area contributed by atoms with Gasteiger partial charge in [-0.25, -0.2) is 0 Å². The van der Waals surface area contributed by atoms with Gasteiger partial charge in [-0.2, -0.15) is 11.8 Å². The summed E-state index contributed by atoms with van der Waals surface area (Å²) in [6.45, 7) is 8.71. The van der Waals surface area contributed by atoms with Crippen LogP contribution in [0.25, 0.3) is 0 Å². The lowest BCUT2D eigenvalue weighted by molar-refractivity contribution is 0.130. The second-order valence-electron chi connectivity index (χ2n) is 4.71. The highest BCUT2D eigenvalue weighted by molar-refractivity contribution is 7.98. The number of unbranched alkanes of at least 4 members (excludes halogenated alkanes) is 2. The summed E-state index contributed by atoms with van der Waals surface area (Å²) in [5.74, 6) is 2.18. The number of nitrogens with zero attached hydrogens (tertiary/aromatic N) is 1. The van der Waals surface area contributed by atoms with Gasteiger partial charge in [-0.05, 0) is 44.6 Å². The van der Waals surface area contributed by atoms with Crippen LogP contribution in [0.5, 0.6) is 0 Å². The van der Waals surface area contributed by atoms with Gasteiger partial charge in [0.05, 0.1) is 0 Å². The molecule has 4 nitrogen and oxygen atoms in total. The fourth-order valence-corrected chi connectivity index (χ4v) is 2.12. The quantitative estimate of drug-likeness (QED) is 0.312. The Kier molecular flexibility index (Phi) is 16.3. The number of ether oxygens (including phenoxy) is 1. The molecule has 0 aliphatic rings. The lowest BCUT2D eigenvalue weighted by Crippen LogP contribution is -2.37. The molecule has 0 unspecified atom stereocenters. The van der Waals surface area contributed by atoms with E-state index in [9.17, 15) is 0 Å². The molecule has 0 heterocycles. The second kappa shape index (κ2) is 16.6. The van der Waals surface area contributed by atoms with Crippen LogP contribution in [0.2, 0.25) is 0 Å². The highest BCUT2D eigenvalue weighted by atomic mass is 32.2. The van der Waals surface area contributed by atoms with Crippen molar-refractivity contribution in [1.29, 1.82) is 0 Å². The molecule has 0 fully saturated rings. The summed E-state index contributed by atoms with van der Waals surface area (Å²) in [5, 5.41) is 6.66. The number of hydrogen-bond acceptors (Lipinski definition) is 3. The molecule has 0 aliphatic heterocycles. The van der Waals surface area contributed by atoms with Gasteiger partial charge in [-0.1, -0.05) is 13.3 Å². The maximum absolute atomic E-state index is 5.53. The molecule has 0 aromatic heterocycles. The van der Waals surface area contributed by atoms with E-state index in [1.165, 1.54) is 25.0 Å². The van der Waals surface area contributed by atoms with E-state index in [1.54, 1.807) is 0 Å². The lowest BCUT2D eigenvalue weighted by atomic mass is 10.3. The summed E-state index contributed by atoms with van der Waals surface area (Å²) in [7, 11) is 0. The van der Waals surface area contributed by atoms with Gasteiger partial charge >= 0.3 is 0 Å². The summed E-state index contributed by atoms with van der Waals surface area (Å²) in [6.07, 6.45) is 7.96. The van der Waals surface area contributed by atoms with E-state index in [-0.39, 0.29) is 0 Å². The average Bonchev–Trinajstić information content (AvgIpc) is 2.46. The van der Waals surface area contributed by atoms with Gasteiger partial charge in [0.25, 0.3) is 0 Å². The molecule has 120 valence electrons. The molecule has 0 saturated carbocycles. The predicted octanol–water partition coefficient (Wildman–Crippen LogP) is 2.89. The summed E-state index contributed by atoms with van der Waals surface area (Å²) in [5.41, 5.74) is 0. The molecule has 2 N–H and O–H groups in total. The van der Waals surface area contributed by atoms with Crippen molar-refractivity contribution in [3.05, 3.63) is 0 Å². The Morgan fingerprint density at radius 2 is 1.85 bits per heavy atom. The maximum Gasteiger partial charge on any atom is 0.191 e. The molecule has 0 radical (unpaired) electrons. The summed E-state index contributed by atoms with van der Waals surface area (Å²) in [4.78, 5) is 4.56. The van der Waals surface area contributed by atoms with E-state index >= 15 is 0 Å². The van der Waals surface area contributed by atoms with E-state index in [1.807, 2.05) is 11.8 Å². The summed E-state index contributed by atoms with van der Waals surface area (Å²) in [6, 6.07) is 0. The normalized spacial score (nSPS) is 11.7. The van der Waals surface area contributed by atoms with Gasteiger partial charge in [0.1, 0.15) is 0 Å². The van der Waals surface area contributed by atoms with Gasteiger partial charge in [0.15, 0.2) is 5.96 Å². The summed E-state index contributed by atoms with van der Waals surface area (Å²) >= 11 is 1.91. The molecule has 0 aromatic rings. The SMILES string of the molecule is CCCCOCCCN=C(NCC)NCCCCSC. The van der Waals surface area contributed by atoms with Crippen LogP contribution in [0, 0.1) is 0 Å². The lowest BCUT2D eigenvalue weighted by Gasteiger charge is -2.11. The molecule has 0 amide bonds. The zero-order chi connectivity index (χ0) is 14.9. The number of rotatable bonds is 13. The van der Waals surface area contributed by atoms with Crippen molar-refractivity contribution in [2.24, 2.45) is 4.99 Å². The highest BCUT2D eigenvalue weighted by Gasteiger charge is 1.96. The molecular weight excluding hydrogens is 270 g/mol. The van der Waals surface area contributed by atoms with Crippen molar-refractivity contribution in [1.82, 2.24) is 10.6 Å². The average molecular weight is 304 g/mol. The van der Waals surface area contributed by atoms with Gasteiger partial charge in [-0.15, -0.1) is 0 Å². The Morgan fingerprint density at radius 1 is 1.05 bits per heavy atom. The van der Waals surface area contributed by atoms with Crippen molar-refractivity contribution in [2.75, 3.05) is 44.9 Å². The summed E-state index contributed by atoms with van der Waals surface area (Å²) < 4.78 is 5.53. The highest BCUT2D eigenvalue weighted by Crippen LogP contribution is 1.97. The number of nitrogens with one attached hydrogen (secondary N) is 2. The fourth-order valence-electron chi connectivity index (χ4n) is 1.63. The van der Waals surface area contributed by atoms with Gasteiger partial charge in [0, 0.05) is 32.8 Å². The monoisotopic (exact) mass is 303 g/mol. The molecule has 0 aliphatic carbocycles. The number of guanidine groups is 1. The third-order valence-corrected chi connectivity index (χ3v) is 3.47. The first-order valence-electron chi connectivity index (χ1n) is 7.94. The third-order valence-electron chi connectivity index (χ3n) is 2.77. The van der Waals surface area contributed by atoms with Crippen molar-refractivity contribution in [3.63, 3.8) is 0 Å². The Morgan fingerprint density at radius 3 is 2.55 bits per heavy atom. The minimum atomic E-state index is 0.816. The second-order valence-corrected chi connectivity index (χ2v) is 5.69. The van der Waals surface area contributed by atoms with Crippen molar-refractivity contribution >= 4 is 17.7 Å². The Labute approximate surface area is 129 Å². The van der Waals surface area contributed by atoms with Crippen molar-refractivity contribution in [2.45, 2.75) is 46.0 Å². The molecular formula is C15H33N3OS. The smallest absolute Gasteiger partial charge is 0.191 e. The van der Waals surface area contributed by atoms with Gasteiger partial charge in [0.2, 0.25) is 0 Å². The van der Waals surface area contributed by atoms with Crippen LogP contribution in [0.15, 0.2) is 4.99 Å². The Balaban J connectivity index is 3.61. The van der Waals surface area contributed by atoms with Gasteiger partial charge in [-0.3, -0.25) is 4.99 Å². The molecule has 20 heavy (non-hydrogen) atoms. The molecule has 0 bridgehead atoms. The van der Waals surface area contributed by atoms with Crippen LogP contribution < -0.4 is 10.6 Å². The van der Waals surface area contributed by atoms with Crippen molar-refractivity contribution < 1.29 is 4.74 Å². The van der Waals surface area contributed by atoms with E-state index in [2.05, 4.69) is 35.7 Å². The van der Waals surface area contributed by atoms with Crippen LogP contribution in [0.1, 0.15) is 46.0 Å². The third kappa shape index (κ3) is 14.0. The minimum absolute atomic E-state index is 0.816. The van der Waals surface area contributed by atoms with Crippen molar-refractivity contribution in [3.8, 4) is 0 Å². The zero-order valence-electron chi connectivity index (χ0n) is 13.5. The fraction of sp³-hybridized carbons (Fsp3) is 0.933.